The highest BCUT2D eigenvalue weighted by atomic mass is 19.3. The smallest absolute Gasteiger partial charge is 0.276 e. The Morgan fingerprint density at radius 2 is 1.87 bits per heavy atom. The molecule has 1 aliphatic rings. The van der Waals surface area contributed by atoms with E-state index >= 15 is 0 Å². The van der Waals surface area contributed by atoms with E-state index in [1.165, 1.54) is 0 Å². The highest BCUT2D eigenvalue weighted by molar-refractivity contribution is 5.27. The number of hydrogen-bond acceptors (Lipinski definition) is 1. The van der Waals surface area contributed by atoms with E-state index in [-0.39, 0.29) is 5.56 Å². The van der Waals surface area contributed by atoms with E-state index in [2.05, 4.69) is 5.32 Å². The minimum atomic E-state index is -2.63. The van der Waals surface area contributed by atoms with E-state index in [1.54, 1.807) is 24.3 Å². The predicted molar refractivity (Wildman–Crippen MR) is 55.8 cm³/mol. The van der Waals surface area contributed by atoms with Crippen molar-refractivity contribution in [2.45, 2.75) is 25.3 Å². The molecule has 0 saturated heterocycles. The van der Waals surface area contributed by atoms with E-state index in [9.17, 15) is 8.78 Å². The average Bonchev–Trinajstić information content (AvgIpc) is 3.02. The largest absolute Gasteiger partial charge is 0.316 e. The Morgan fingerprint density at radius 3 is 2.33 bits per heavy atom. The summed E-state index contributed by atoms with van der Waals surface area (Å²) in [6.45, 7) is 0.718. The average molecular weight is 211 g/mol. The summed E-state index contributed by atoms with van der Waals surface area (Å²) in [5.74, 6) is -3.05. The van der Waals surface area contributed by atoms with Crippen molar-refractivity contribution in [3.63, 3.8) is 0 Å². The maximum atomic E-state index is 13.6. The second-order valence-corrected chi connectivity index (χ2v) is 4.12. The van der Waals surface area contributed by atoms with E-state index in [1.807, 2.05) is 7.05 Å². The normalized spacial score (nSPS) is 16.7. The van der Waals surface area contributed by atoms with Gasteiger partial charge in [0.15, 0.2) is 0 Å². The maximum Gasteiger partial charge on any atom is 0.276 e. The summed E-state index contributed by atoms with van der Waals surface area (Å²) in [4.78, 5) is 0. The van der Waals surface area contributed by atoms with Crippen molar-refractivity contribution < 1.29 is 8.78 Å². The molecule has 3 heteroatoms. The van der Waals surface area contributed by atoms with E-state index < -0.39 is 11.8 Å². The summed E-state index contributed by atoms with van der Waals surface area (Å²) >= 11 is 0. The molecule has 82 valence electrons. The lowest BCUT2D eigenvalue weighted by molar-refractivity contribution is -0.0285. The fraction of sp³-hybridized carbons (Fsp3) is 0.500. The van der Waals surface area contributed by atoms with Gasteiger partial charge in [0, 0.05) is 18.0 Å². The molecule has 0 amide bonds. The third-order valence-electron chi connectivity index (χ3n) is 2.81. The molecule has 1 nitrogen and oxygen atoms in total. The van der Waals surface area contributed by atoms with Gasteiger partial charge < -0.3 is 5.32 Å². The van der Waals surface area contributed by atoms with Crippen LogP contribution in [0, 0.1) is 5.92 Å². The molecule has 2 rings (SSSR count). The first-order valence-corrected chi connectivity index (χ1v) is 5.26. The first-order valence-electron chi connectivity index (χ1n) is 5.26. The van der Waals surface area contributed by atoms with Crippen LogP contribution in [-0.2, 0) is 12.5 Å². The summed E-state index contributed by atoms with van der Waals surface area (Å²) in [6, 6.07) is 6.63. The zero-order valence-electron chi connectivity index (χ0n) is 8.76. The van der Waals surface area contributed by atoms with E-state index in [0.717, 1.165) is 12.1 Å². The molecule has 0 bridgehead atoms. The Kier molecular flexibility index (Phi) is 2.74. The lowest BCUT2D eigenvalue weighted by Crippen LogP contribution is -2.16. The Balaban J connectivity index is 2.15. The van der Waals surface area contributed by atoms with Crippen molar-refractivity contribution in [3.05, 3.63) is 35.4 Å². The molecule has 1 N–H and O–H groups in total. The lowest BCUT2D eigenvalue weighted by atomic mass is 10.0. The van der Waals surface area contributed by atoms with Crippen LogP contribution in [0.15, 0.2) is 24.3 Å². The van der Waals surface area contributed by atoms with Gasteiger partial charge >= 0.3 is 0 Å². The second-order valence-electron chi connectivity index (χ2n) is 4.12. The number of alkyl halides is 2. The predicted octanol–water partition coefficient (Wildman–Crippen LogP) is 2.91. The molecule has 0 heterocycles. The van der Waals surface area contributed by atoms with Crippen molar-refractivity contribution in [2.75, 3.05) is 7.05 Å². The van der Waals surface area contributed by atoms with Gasteiger partial charge in [-0.25, -0.2) is 8.78 Å². The molecule has 1 aliphatic carbocycles. The molecular weight excluding hydrogens is 196 g/mol. The first-order chi connectivity index (χ1) is 7.14. The van der Waals surface area contributed by atoms with Gasteiger partial charge in [0.05, 0.1) is 0 Å². The van der Waals surface area contributed by atoms with Crippen LogP contribution in [0.4, 0.5) is 8.78 Å². The Labute approximate surface area is 88.5 Å². The van der Waals surface area contributed by atoms with Crippen molar-refractivity contribution >= 4 is 0 Å². The highest BCUT2D eigenvalue weighted by Gasteiger charge is 2.47. The Hall–Kier alpha value is -0.960. The number of nitrogens with one attached hydrogen (secondary N) is 1. The van der Waals surface area contributed by atoms with Crippen LogP contribution in [0.1, 0.15) is 24.0 Å². The summed E-state index contributed by atoms with van der Waals surface area (Å²) in [6.07, 6.45) is 1.32. The van der Waals surface area contributed by atoms with Gasteiger partial charge in [-0.05, 0) is 25.5 Å². The van der Waals surface area contributed by atoms with Gasteiger partial charge in [-0.15, -0.1) is 0 Å². The van der Waals surface area contributed by atoms with Crippen molar-refractivity contribution in [1.82, 2.24) is 5.32 Å². The van der Waals surface area contributed by atoms with Crippen molar-refractivity contribution in [2.24, 2.45) is 5.92 Å². The maximum absolute atomic E-state index is 13.6. The zero-order valence-corrected chi connectivity index (χ0v) is 8.76. The van der Waals surface area contributed by atoms with E-state index in [4.69, 9.17) is 0 Å². The summed E-state index contributed by atoms with van der Waals surface area (Å²) in [5.41, 5.74) is 1.19. The standard InChI is InChI=1S/C12H15F2N/c1-15-8-9-2-4-10(5-3-9)12(13,14)11-6-7-11/h2-5,11,15H,6-8H2,1H3. The van der Waals surface area contributed by atoms with Crippen LogP contribution < -0.4 is 5.32 Å². The summed E-state index contributed by atoms with van der Waals surface area (Å²) in [5, 5.41) is 2.99. The molecule has 0 unspecified atom stereocenters. The minimum Gasteiger partial charge on any atom is -0.316 e. The molecule has 1 saturated carbocycles. The van der Waals surface area contributed by atoms with Crippen LogP contribution >= 0.6 is 0 Å². The number of rotatable bonds is 4. The van der Waals surface area contributed by atoms with Crippen LogP contribution in [0.25, 0.3) is 0 Å². The number of halogens is 2. The van der Waals surface area contributed by atoms with Gasteiger partial charge in [-0.2, -0.15) is 0 Å². The monoisotopic (exact) mass is 211 g/mol. The van der Waals surface area contributed by atoms with Gasteiger partial charge in [0.25, 0.3) is 5.92 Å². The molecule has 1 fully saturated rings. The Bertz CT molecular complexity index is 328. The van der Waals surface area contributed by atoms with Gasteiger partial charge in [0.1, 0.15) is 0 Å². The van der Waals surface area contributed by atoms with Gasteiger partial charge in [-0.3, -0.25) is 0 Å². The lowest BCUT2D eigenvalue weighted by Gasteiger charge is -2.16. The first kappa shape index (κ1) is 10.6. The molecule has 0 aromatic heterocycles. The van der Waals surface area contributed by atoms with E-state index in [0.29, 0.717) is 12.8 Å². The van der Waals surface area contributed by atoms with Gasteiger partial charge in [0.2, 0.25) is 0 Å². The fourth-order valence-corrected chi connectivity index (χ4v) is 1.73. The second kappa shape index (κ2) is 3.89. The minimum absolute atomic E-state index is 0.157. The highest BCUT2D eigenvalue weighted by Crippen LogP contribution is 2.49. The van der Waals surface area contributed by atoms with Crippen molar-refractivity contribution in [3.8, 4) is 0 Å². The number of benzene rings is 1. The molecule has 0 aliphatic heterocycles. The van der Waals surface area contributed by atoms with Crippen LogP contribution in [0.2, 0.25) is 0 Å². The SMILES string of the molecule is CNCc1ccc(C(F)(F)C2CC2)cc1. The molecule has 0 spiro atoms. The topological polar surface area (TPSA) is 12.0 Å². The molecule has 1 aromatic carbocycles. The summed E-state index contributed by atoms with van der Waals surface area (Å²) in [7, 11) is 1.84. The van der Waals surface area contributed by atoms with Gasteiger partial charge in [-0.1, -0.05) is 24.3 Å². The quantitative estimate of drug-likeness (QED) is 0.807. The van der Waals surface area contributed by atoms with Crippen LogP contribution in [-0.4, -0.2) is 7.05 Å². The third-order valence-corrected chi connectivity index (χ3v) is 2.81. The molecule has 15 heavy (non-hydrogen) atoms. The summed E-state index contributed by atoms with van der Waals surface area (Å²) < 4.78 is 27.3. The molecule has 1 aromatic rings. The molecular formula is C12H15F2N. The molecule has 0 radical (unpaired) electrons. The number of hydrogen-bond donors (Lipinski definition) is 1. The zero-order chi connectivity index (χ0) is 10.9. The Morgan fingerprint density at radius 1 is 1.27 bits per heavy atom. The fourth-order valence-electron chi connectivity index (χ4n) is 1.73. The third kappa shape index (κ3) is 2.17. The van der Waals surface area contributed by atoms with Crippen LogP contribution in [0.5, 0.6) is 0 Å². The molecule has 0 atom stereocenters. The van der Waals surface area contributed by atoms with Crippen molar-refractivity contribution in [1.29, 1.82) is 0 Å². The van der Waals surface area contributed by atoms with Crippen LogP contribution in [0.3, 0.4) is 0 Å².